The Kier molecular flexibility index (Phi) is 3.52. The summed E-state index contributed by atoms with van der Waals surface area (Å²) in [6.45, 7) is 0.448. The second-order valence-electron chi connectivity index (χ2n) is 3.83. The molecule has 0 bridgehead atoms. The van der Waals surface area contributed by atoms with Crippen LogP contribution in [0.15, 0.2) is 47.7 Å². The van der Waals surface area contributed by atoms with Gasteiger partial charge in [0.25, 0.3) is 5.56 Å². The average Bonchev–Trinajstić information content (AvgIpc) is 2.38. The van der Waals surface area contributed by atoms with Crippen LogP contribution in [0.5, 0.6) is 0 Å². The van der Waals surface area contributed by atoms with E-state index in [2.05, 4.69) is 4.98 Å². The fourth-order valence-corrected chi connectivity index (χ4v) is 1.67. The Labute approximate surface area is 103 Å². The van der Waals surface area contributed by atoms with Crippen molar-refractivity contribution < 1.29 is 9.90 Å². The van der Waals surface area contributed by atoms with E-state index in [0.29, 0.717) is 13.0 Å². The van der Waals surface area contributed by atoms with Gasteiger partial charge in [-0.2, -0.15) is 0 Å². The van der Waals surface area contributed by atoms with Gasteiger partial charge >= 0.3 is 5.97 Å². The summed E-state index contributed by atoms with van der Waals surface area (Å²) >= 11 is 0. The Morgan fingerprint density at radius 2 is 2.00 bits per heavy atom. The molecule has 2 aromatic heterocycles. The van der Waals surface area contributed by atoms with E-state index < -0.39 is 11.5 Å². The van der Waals surface area contributed by atoms with Crippen molar-refractivity contribution in [1.82, 2.24) is 9.55 Å². The van der Waals surface area contributed by atoms with E-state index in [1.807, 2.05) is 12.1 Å². The molecule has 0 unspecified atom stereocenters. The first-order chi connectivity index (χ1) is 8.68. The third-order valence-electron chi connectivity index (χ3n) is 2.64. The van der Waals surface area contributed by atoms with Crippen LogP contribution in [0.2, 0.25) is 0 Å². The zero-order valence-electron chi connectivity index (χ0n) is 9.61. The molecule has 0 atom stereocenters. The van der Waals surface area contributed by atoms with E-state index in [9.17, 15) is 9.59 Å². The van der Waals surface area contributed by atoms with E-state index in [1.165, 1.54) is 10.6 Å². The predicted molar refractivity (Wildman–Crippen MR) is 65.6 cm³/mol. The van der Waals surface area contributed by atoms with Crippen LogP contribution in [0.1, 0.15) is 15.9 Å². The maximum absolute atomic E-state index is 11.8. The van der Waals surface area contributed by atoms with E-state index >= 15 is 0 Å². The quantitative estimate of drug-likeness (QED) is 0.876. The molecule has 1 N–H and O–H groups in total. The maximum Gasteiger partial charge on any atom is 0.341 e. The topological polar surface area (TPSA) is 72.2 Å². The number of aromatic nitrogens is 2. The van der Waals surface area contributed by atoms with Crippen molar-refractivity contribution in [3.63, 3.8) is 0 Å². The first kappa shape index (κ1) is 12.0. The summed E-state index contributed by atoms with van der Waals surface area (Å²) in [6, 6.07) is 6.61. The van der Waals surface area contributed by atoms with Crippen LogP contribution in [0.25, 0.3) is 0 Å². The van der Waals surface area contributed by atoms with Crippen molar-refractivity contribution in [1.29, 1.82) is 0 Å². The molecule has 0 saturated carbocycles. The van der Waals surface area contributed by atoms with Crippen molar-refractivity contribution in [3.05, 3.63) is 64.3 Å². The standard InChI is InChI=1S/C13H12N2O3/c16-12-11(13(17)18)2-1-8-15(12)9-5-10-3-6-14-7-4-10/h1-4,6-8H,5,9H2,(H,17,18). The van der Waals surface area contributed by atoms with E-state index in [0.717, 1.165) is 5.56 Å². The summed E-state index contributed by atoms with van der Waals surface area (Å²) in [4.78, 5) is 26.5. The third kappa shape index (κ3) is 2.63. The molecule has 0 radical (unpaired) electrons. The molecule has 0 aliphatic heterocycles. The molecule has 92 valence electrons. The summed E-state index contributed by atoms with van der Waals surface area (Å²) in [5.74, 6) is -1.20. The lowest BCUT2D eigenvalue weighted by Gasteiger charge is -2.06. The molecule has 0 fully saturated rings. The van der Waals surface area contributed by atoms with Gasteiger partial charge in [-0.15, -0.1) is 0 Å². The Bertz CT molecular complexity index is 605. The number of hydrogen-bond acceptors (Lipinski definition) is 3. The molecule has 2 heterocycles. The highest BCUT2D eigenvalue weighted by Crippen LogP contribution is 2.00. The second-order valence-corrected chi connectivity index (χ2v) is 3.83. The average molecular weight is 244 g/mol. The van der Waals surface area contributed by atoms with Crippen LogP contribution < -0.4 is 5.56 Å². The molecular weight excluding hydrogens is 232 g/mol. The number of pyridine rings is 2. The van der Waals surface area contributed by atoms with Crippen LogP contribution in [0.3, 0.4) is 0 Å². The molecule has 5 nitrogen and oxygen atoms in total. The highest BCUT2D eigenvalue weighted by Gasteiger charge is 2.09. The number of carboxylic acids is 1. The van der Waals surface area contributed by atoms with Gasteiger partial charge in [0, 0.05) is 25.1 Å². The van der Waals surface area contributed by atoms with Crippen molar-refractivity contribution in [2.24, 2.45) is 0 Å². The lowest BCUT2D eigenvalue weighted by Crippen LogP contribution is -2.26. The largest absolute Gasteiger partial charge is 0.477 e. The summed E-state index contributed by atoms with van der Waals surface area (Å²) in [5.41, 5.74) is 0.379. The summed E-state index contributed by atoms with van der Waals surface area (Å²) < 4.78 is 1.41. The smallest absolute Gasteiger partial charge is 0.341 e. The zero-order valence-corrected chi connectivity index (χ0v) is 9.61. The number of carboxylic acid groups (broad SMARTS) is 1. The lowest BCUT2D eigenvalue weighted by atomic mass is 10.2. The molecule has 2 rings (SSSR count). The Hall–Kier alpha value is -2.43. The van der Waals surface area contributed by atoms with Crippen molar-refractivity contribution in [2.75, 3.05) is 0 Å². The monoisotopic (exact) mass is 244 g/mol. The molecule has 0 spiro atoms. The van der Waals surface area contributed by atoms with Crippen LogP contribution >= 0.6 is 0 Å². The third-order valence-corrected chi connectivity index (χ3v) is 2.64. The number of carbonyl (C=O) groups is 1. The van der Waals surface area contributed by atoms with E-state index in [4.69, 9.17) is 5.11 Å². The first-order valence-electron chi connectivity index (χ1n) is 5.50. The van der Waals surface area contributed by atoms with Crippen LogP contribution in [0, 0.1) is 0 Å². The summed E-state index contributed by atoms with van der Waals surface area (Å²) in [6.07, 6.45) is 5.62. The zero-order chi connectivity index (χ0) is 13.0. The van der Waals surface area contributed by atoms with Gasteiger partial charge in [-0.05, 0) is 36.2 Å². The predicted octanol–water partition coefficient (Wildman–Crippen LogP) is 1.18. The van der Waals surface area contributed by atoms with Gasteiger partial charge in [0.1, 0.15) is 5.56 Å². The maximum atomic E-state index is 11.8. The van der Waals surface area contributed by atoms with Crippen LogP contribution in [-0.4, -0.2) is 20.6 Å². The lowest BCUT2D eigenvalue weighted by molar-refractivity contribution is 0.0694. The van der Waals surface area contributed by atoms with Gasteiger partial charge in [0.2, 0.25) is 0 Å². The van der Waals surface area contributed by atoms with Gasteiger partial charge < -0.3 is 9.67 Å². The molecule has 0 saturated heterocycles. The van der Waals surface area contributed by atoms with Crippen molar-refractivity contribution >= 4 is 5.97 Å². The Morgan fingerprint density at radius 1 is 1.28 bits per heavy atom. The van der Waals surface area contributed by atoms with Crippen LogP contribution in [0.4, 0.5) is 0 Å². The molecule has 18 heavy (non-hydrogen) atoms. The van der Waals surface area contributed by atoms with Gasteiger partial charge in [-0.1, -0.05) is 0 Å². The molecule has 0 amide bonds. The van der Waals surface area contributed by atoms with Crippen molar-refractivity contribution in [3.8, 4) is 0 Å². The Balaban J connectivity index is 2.18. The van der Waals surface area contributed by atoms with Gasteiger partial charge in [0.15, 0.2) is 0 Å². The number of hydrogen-bond donors (Lipinski definition) is 1. The van der Waals surface area contributed by atoms with E-state index in [1.54, 1.807) is 24.7 Å². The minimum absolute atomic E-state index is 0.202. The minimum Gasteiger partial charge on any atom is -0.477 e. The minimum atomic E-state index is -1.20. The van der Waals surface area contributed by atoms with E-state index in [-0.39, 0.29) is 5.56 Å². The molecule has 0 aliphatic carbocycles. The molecule has 0 aromatic carbocycles. The SMILES string of the molecule is O=C(O)c1cccn(CCc2ccncc2)c1=O. The second kappa shape index (κ2) is 5.27. The highest BCUT2D eigenvalue weighted by atomic mass is 16.4. The number of aryl methyl sites for hydroxylation is 2. The summed E-state index contributed by atoms with van der Waals surface area (Å²) in [7, 11) is 0. The van der Waals surface area contributed by atoms with Crippen molar-refractivity contribution in [2.45, 2.75) is 13.0 Å². The van der Waals surface area contributed by atoms with Gasteiger partial charge in [0.05, 0.1) is 0 Å². The molecule has 2 aromatic rings. The van der Waals surface area contributed by atoms with Gasteiger partial charge in [-0.25, -0.2) is 4.79 Å². The normalized spacial score (nSPS) is 10.2. The van der Waals surface area contributed by atoms with Crippen LogP contribution in [-0.2, 0) is 13.0 Å². The first-order valence-corrected chi connectivity index (χ1v) is 5.50. The fourth-order valence-electron chi connectivity index (χ4n) is 1.67. The fraction of sp³-hybridized carbons (Fsp3) is 0.154. The number of nitrogens with zero attached hydrogens (tertiary/aromatic N) is 2. The highest BCUT2D eigenvalue weighted by molar-refractivity contribution is 5.86. The summed E-state index contributed by atoms with van der Waals surface area (Å²) in [5, 5.41) is 8.85. The number of aromatic carboxylic acids is 1. The number of rotatable bonds is 4. The molecule has 5 heteroatoms. The van der Waals surface area contributed by atoms with Gasteiger partial charge in [-0.3, -0.25) is 9.78 Å². The molecule has 0 aliphatic rings. The molecular formula is C13H12N2O3. The Morgan fingerprint density at radius 3 is 2.67 bits per heavy atom.